The number of aromatic nitrogens is 1. The third kappa shape index (κ3) is 4.85. The van der Waals surface area contributed by atoms with Gasteiger partial charge >= 0.3 is 0 Å². The van der Waals surface area contributed by atoms with Crippen molar-refractivity contribution in [3.05, 3.63) is 52.3 Å². The molecule has 0 spiro atoms. The molecule has 1 amide bonds. The lowest BCUT2D eigenvalue weighted by Crippen LogP contribution is -2.48. The minimum atomic E-state index is 0.0554. The zero-order valence-electron chi connectivity index (χ0n) is 17.1. The van der Waals surface area contributed by atoms with Gasteiger partial charge in [0.05, 0.1) is 17.9 Å². The van der Waals surface area contributed by atoms with Crippen LogP contribution in [0.5, 0.6) is 5.75 Å². The predicted molar refractivity (Wildman–Crippen MR) is 119 cm³/mol. The molecular weight excluding hydrogens is 455 g/mol. The van der Waals surface area contributed by atoms with Crippen molar-refractivity contribution in [3.63, 3.8) is 0 Å². The van der Waals surface area contributed by atoms with Crippen LogP contribution in [-0.4, -0.2) is 48.6 Å². The first-order valence-electron chi connectivity index (χ1n) is 10.1. The number of ether oxygens (including phenoxy) is 1. The molecule has 1 fully saturated rings. The molecule has 0 bridgehead atoms. The first-order chi connectivity index (χ1) is 15.6. The number of anilines is 1. The molecule has 0 unspecified atom stereocenters. The maximum absolute atomic E-state index is 12.6. The van der Waals surface area contributed by atoms with E-state index in [-0.39, 0.29) is 17.5 Å². The van der Waals surface area contributed by atoms with Gasteiger partial charge in [0.1, 0.15) is 16.8 Å². The monoisotopic (exact) mass is 474 g/mol. The Morgan fingerprint density at radius 1 is 1.19 bits per heavy atom. The van der Waals surface area contributed by atoms with Crippen molar-refractivity contribution in [2.75, 3.05) is 37.7 Å². The van der Waals surface area contributed by atoms with E-state index < -0.39 is 0 Å². The third-order valence-electron chi connectivity index (χ3n) is 5.08. The number of nitriles is 1. The van der Waals surface area contributed by atoms with Crippen LogP contribution >= 0.6 is 23.2 Å². The summed E-state index contributed by atoms with van der Waals surface area (Å²) in [7, 11) is 0. The molecule has 0 atom stereocenters. The average Bonchev–Trinajstić information content (AvgIpc) is 3.49. The van der Waals surface area contributed by atoms with Gasteiger partial charge in [0.25, 0.3) is 5.89 Å². The summed E-state index contributed by atoms with van der Waals surface area (Å²) in [6.45, 7) is 2.51. The molecule has 166 valence electrons. The first kappa shape index (κ1) is 22.1. The highest BCUT2D eigenvalue weighted by atomic mass is 35.5. The Bertz CT molecular complexity index is 1120. The van der Waals surface area contributed by atoms with E-state index in [1.165, 1.54) is 6.26 Å². The second-order valence-corrected chi connectivity index (χ2v) is 7.92. The minimum absolute atomic E-state index is 0.0554. The fourth-order valence-electron chi connectivity index (χ4n) is 3.42. The average molecular weight is 475 g/mol. The number of nitrogens with zero attached hydrogens (tertiary/aromatic N) is 4. The lowest BCUT2D eigenvalue weighted by molar-refractivity contribution is -0.131. The molecule has 1 saturated heterocycles. The minimum Gasteiger partial charge on any atom is -0.492 e. The highest BCUT2D eigenvalue weighted by molar-refractivity contribution is 6.42. The second-order valence-electron chi connectivity index (χ2n) is 7.13. The van der Waals surface area contributed by atoms with Gasteiger partial charge in [-0.15, -0.1) is 0 Å². The van der Waals surface area contributed by atoms with E-state index in [1.807, 2.05) is 4.90 Å². The highest BCUT2D eigenvalue weighted by Gasteiger charge is 2.27. The summed E-state index contributed by atoms with van der Waals surface area (Å²) in [6, 6.07) is 10.7. The number of benzene rings is 1. The smallest absolute Gasteiger partial charge is 0.266 e. The van der Waals surface area contributed by atoms with Crippen LogP contribution in [0, 0.1) is 11.3 Å². The van der Waals surface area contributed by atoms with Gasteiger partial charge in [-0.3, -0.25) is 4.79 Å². The first-order valence-corrected chi connectivity index (χ1v) is 10.9. The number of carbonyl (C=O) groups is 1. The number of carbonyl (C=O) groups excluding carboxylic acids is 1. The number of amides is 1. The molecule has 2 aromatic heterocycles. The van der Waals surface area contributed by atoms with Crippen molar-refractivity contribution in [3.8, 4) is 23.5 Å². The maximum Gasteiger partial charge on any atom is 0.266 e. The van der Waals surface area contributed by atoms with Gasteiger partial charge in [-0.05, 0) is 30.7 Å². The zero-order chi connectivity index (χ0) is 22.5. The van der Waals surface area contributed by atoms with Crippen LogP contribution in [0.25, 0.3) is 11.7 Å². The normalized spacial score (nSPS) is 13.8. The van der Waals surface area contributed by atoms with Gasteiger partial charge in [0, 0.05) is 32.6 Å². The van der Waals surface area contributed by atoms with Crippen LogP contribution in [0.4, 0.5) is 5.88 Å². The molecule has 0 radical (unpaired) electrons. The van der Waals surface area contributed by atoms with E-state index in [0.717, 1.165) is 0 Å². The lowest BCUT2D eigenvalue weighted by atomic mass is 10.2. The molecule has 1 aromatic carbocycles. The maximum atomic E-state index is 12.6. The third-order valence-corrected chi connectivity index (χ3v) is 5.88. The number of oxazole rings is 1. The Kier molecular flexibility index (Phi) is 6.88. The Morgan fingerprint density at radius 3 is 2.72 bits per heavy atom. The second kappa shape index (κ2) is 9.98. The summed E-state index contributed by atoms with van der Waals surface area (Å²) in [6.07, 6.45) is 2.45. The topological polar surface area (TPSA) is 95.7 Å². The number of piperazine rings is 1. The highest BCUT2D eigenvalue weighted by Crippen LogP contribution is 2.32. The predicted octanol–water partition coefficient (Wildman–Crippen LogP) is 4.62. The van der Waals surface area contributed by atoms with E-state index in [2.05, 4.69) is 11.1 Å². The van der Waals surface area contributed by atoms with Gasteiger partial charge in [-0.1, -0.05) is 29.3 Å². The molecule has 32 heavy (non-hydrogen) atoms. The number of rotatable bonds is 7. The van der Waals surface area contributed by atoms with E-state index >= 15 is 0 Å². The Hall–Kier alpha value is -3.15. The van der Waals surface area contributed by atoms with E-state index in [4.69, 9.17) is 36.8 Å². The van der Waals surface area contributed by atoms with Crippen LogP contribution in [0.2, 0.25) is 10.0 Å². The Morgan fingerprint density at radius 2 is 2.00 bits per heavy atom. The summed E-state index contributed by atoms with van der Waals surface area (Å²) < 4.78 is 16.7. The van der Waals surface area contributed by atoms with Crippen LogP contribution in [0.15, 0.2) is 45.4 Å². The molecule has 3 aromatic rings. The van der Waals surface area contributed by atoms with Crippen molar-refractivity contribution < 1.29 is 18.4 Å². The van der Waals surface area contributed by atoms with Crippen LogP contribution in [0.3, 0.4) is 0 Å². The van der Waals surface area contributed by atoms with E-state index in [0.29, 0.717) is 73.1 Å². The fourth-order valence-corrected chi connectivity index (χ4v) is 3.77. The fraction of sp³-hybridized carbons (Fsp3) is 0.318. The molecular formula is C22H20Cl2N4O4. The molecule has 1 aliphatic rings. The van der Waals surface area contributed by atoms with Crippen LogP contribution in [-0.2, 0) is 4.79 Å². The zero-order valence-corrected chi connectivity index (χ0v) is 18.6. The Labute approximate surface area is 194 Å². The molecule has 0 saturated carbocycles. The van der Waals surface area contributed by atoms with Gasteiger partial charge < -0.3 is 23.4 Å². The summed E-state index contributed by atoms with van der Waals surface area (Å²) in [4.78, 5) is 20.5. The van der Waals surface area contributed by atoms with Crippen molar-refractivity contribution in [1.82, 2.24) is 9.88 Å². The standard InChI is InChI=1S/C22H20Cl2N4O4/c23-15-4-1-5-17(20(15)24)30-13-3-7-19(29)27-8-10-28(11-9-27)22-16(14-25)26-21(32-22)18-6-2-12-31-18/h1-2,4-6,12H,3,7-11,13H2. The van der Waals surface area contributed by atoms with Gasteiger partial charge in [-0.2, -0.15) is 10.2 Å². The van der Waals surface area contributed by atoms with Crippen LogP contribution < -0.4 is 9.64 Å². The lowest BCUT2D eigenvalue weighted by Gasteiger charge is -2.34. The number of hydrogen-bond donors (Lipinski definition) is 0. The molecule has 8 nitrogen and oxygen atoms in total. The summed E-state index contributed by atoms with van der Waals surface area (Å²) in [5.41, 5.74) is 0.202. The van der Waals surface area contributed by atoms with Crippen molar-refractivity contribution >= 4 is 35.0 Å². The summed E-state index contributed by atoms with van der Waals surface area (Å²) in [5, 5.41) is 10.2. The quantitative estimate of drug-likeness (QED) is 0.460. The molecule has 0 N–H and O–H groups in total. The van der Waals surface area contributed by atoms with E-state index in [9.17, 15) is 10.1 Å². The summed E-state index contributed by atoms with van der Waals surface area (Å²) >= 11 is 12.1. The Balaban J connectivity index is 1.26. The van der Waals surface area contributed by atoms with Gasteiger partial charge in [-0.25, -0.2) is 0 Å². The number of halogens is 2. The van der Waals surface area contributed by atoms with Crippen LogP contribution in [0.1, 0.15) is 18.5 Å². The van der Waals surface area contributed by atoms with Gasteiger partial charge in [0.2, 0.25) is 17.5 Å². The largest absolute Gasteiger partial charge is 0.492 e. The molecule has 0 aliphatic carbocycles. The van der Waals surface area contributed by atoms with Crippen molar-refractivity contribution in [1.29, 1.82) is 5.26 Å². The molecule has 1 aliphatic heterocycles. The molecule has 3 heterocycles. The molecule has 4 rings (SSSR count). The van der Waals surface area contributed by atoms with Crippen molar-refractivity contribution in [2.45, 2.75) is 12.8 Å². The number of furan rings is 1. The number of hydrogen-bond acceptors (Lipinski definition) is 7. The van der Waals surface area contributed by atoms with Crippen molar-refractivity contribution in [2.24, 2.45) is 0 Å². The van der Waals surface area contributed by atoms with Gasteiger partial charge in [0.15, 0.2) is 5.76 Å². The summed E-state index contributed by atoms with van der Waals surface area (Å²) in [5.74, 6) is 1.69. The SMILES string of the molecule is N#Cc1nc(-c2ccco2)oc1N1CCN(C(=O)CCCOc2cccc(Cl)c2Cl)CC1. The van der Waals surface area contributed by atoms with E-state index in [1.54, 1.807) is 35.2 Å². The molecule has 10 heteroatoms.